The summed E-state index contributed by atoms with van der Waals surface area (Å²) >= 11 is 6.09. The first kappa shape index (κ1) is 21.4. The summed E-state index contributed by atoms with van der Waals surface area (Å²) in [4.78, 5) is 4.81. The summed E-state index contributed by atoms with van der Waals surface area (Å²) < 4.78 is 0. The van der Waals surface area contributed by atoms with Crippen molar-refractivity contribution in [2.45, 2.75) is 71.1 Å². The number of aliphatic imine (C=N–C) groups is 1. The van der Waals surface area contributed by atoms with Crippen molar-refractivity contribution in [2.75, 3.05) is 6.54 Å². The monoisotopic (exact) mass is 423 g/mol. The molecule has 4 rings (SSSR count). The van der Waals surface area contributed by atoms with Gasteiger partial charge in [0.05, 0.1) is 0 Å². The van der Waals surface area contributed by atoms with E-state index in [1.165, 1.54) is 37.7 Å². The van der Waals surface area contributed by atoms with Crippen LogP contribution in [0, 0.1) is 11.3 Å². The van der Waals surface area contributed by atoms with Gasteiger partial charge in [-0.15, -0.1) is 0 Å². The van der Waals surface area contributed by atoms with Crippen molar-refractivity contribution in [1.82, 2.24) is 0 Å². The summed E-state index contributed by atoms with van der Waals surface area (Å²) in [6, 6.07) is 12.3. The second-order valence-electron chi connectivity index (χ2n) is 10.3. The van der Waals surface area contributed by atoms with Gasteiger partial charge in [0.2, 0.25) is 0 Å². The minimum absolute atomic E-state index is 0.173. The molecule has 2 aromatic carbocycles. The average Bonchev–Trinajstić information content (AvgIpc) is 2.70. The maximum Gasteiger partial charge on any atom is 0.124 e. The lowest BCUT2D eigenvalue weighted by molar-refractivity contribution is 0.0332. The van der Waals surface area contributed by atoms with Crippen LogP contribution < -0.4 is 0 Å². The number of hydrogen-bond acceptors (Lipinski definition) is 2. The van der Waals surface area contributed by atoms with Crippen LogP contribution in [-0.4, -0.2) is 17.9 Å². The molecule has 0 radical (unpaired) electrons. The summed E-state index contributed by atoms with van der Waals surface area (Å²) in [6.45, 7) is 10.3. The molecule has 0 bridgehead atoms. The van der Waals surface area contributed by atoms with Crippen LogP contribution in [0.1, 0.15) is 81.5 Å². The molecule has 0 aromatic heterocycles. The zero-order valence-electron chi connectivity index (χ0n) is 18.7. The molecule has 30 heavy (non-hydrogen) atoms. The Morgan fingerprint density at radius 1 is 1.17 bits per heavy atom. The van der Waals surface area contributed by atoms with Crippen LogP contribution in [0.4, 0.5) is 0 Å². The second-order valence-corrected chi connectivity index (χ2v) is 10.7. The number of fused-ring (bicyclic) bond motifs is 3. The minimum Gasteiger partial charge on any atom is -0.507 e. The highest BCUT2D eigenvalue weighted by molar-refractivity contribution is 6.30. The molecular weight excluding hydrogens is 390 g/mol. The van der Waals surface area contributed by atoms with Crippen LogP contribution in [0.25, 0.3) is 0 Å². The zero-order valence-corrected chi connectivity index (χ0v) is 19.5. The third-order valence-electron chi connectivity index (χ3n) is 7.84. The summed E-state index contributed by atoms with van der Waals surface area (Å²) in [5, 5.41) is 10.7. The molecule has 2 aliphatic rings. The third-order valence-corrected chi connectivity index (χ3v) is 8.08. The average molecular weight is 424 g/mol. The van der Waals surface area contributed by atoms with Gasteiger partial charge in [-0.1, -0.05) is 63.9 Å². The summed E-state index contributed by atoms with van der Waals surface area (Å²) in [5.41, 5.74) is 5.69. The Balaban J connectivity index is 1.60. The normalized spacial score (nSPS) is 28.5. The van der Waals surface area contributed by atoms with Crippen LogP contribution in [-0.2, 0) is 11.8 Å². The molecule has 2 aromatic rings. The van der Waals surface area contributed by atoms with E-state index >= 15 is 0 Å². The highest BCUT2D eigenvalue weighted by atomic mass is 35.5. The number of phenols is 1. The summed E-state index contributed by atoms with van der Waals surface area (Å²) in [5.74, 6) is 1.44. The van der Waals surface area contributed by atoms with E-state index in [2.05, 4.69) is 45.9 Å². The number of hydrogen-bond donors (Lipinski definition) is 1. The molecule has 2 aliphatic carbocycles. The van der Waals surface area contributed by atoms with E-state index in [0.29, 0.717) is 22.4 Å². The molecular formula is C27H34ClNO. The Bertz CT molecular complexity index is 965. The lowest BCUT2D eigenvalue weighted by atomic mass is 9.50. The Hall–Kier alpha value is -1.80. The Morgan fingerprint density at radius 2 is 1.97 bits per heavy atom. The van der Waals surface area contributed by atoms with Crippen LogP contribution >= 0.6 is 11.6 Å². The molecule has 2 nitrogen and oxygen atoms in total. The number of benzene rings is 2. The van der Waals surface area contributed by atoms with Crippen LogP contribution in [0.3, 0.4) is 0 Å². The van der Waals surface area contributed by atoms with Crippen molar-refractivity contribution in [3.63, 3.8) is 0 Å². The Kier molecular flexibility index (Phi) is 5.74. The molecule has 1 fully saturated rings. The molecule has 0 unspecified atom stereocenters. The van der Waals surface area contributed by atoms with Crippen LogP contribution in [0.2, 0.25) is 5.02 Å². The van der Waals surface area contributed by atoms with E-state index in [1.54, 1.807) is 35.5 Å². The topological polar surface area (TPSA) is 32.6 Å². The first-order chi connectivity index (χ1) is 14.2. The number of rotatable bonds is 4. The van der Waals surface area contributed by atoms with Gasteiger partial charge in [0.15, 0.2) is 0 Å². The van der Waals surface area contributed by atoms with Crippen molar-refractivity contribution in [1.29, 1.82) is 0 Å². The van der Waals surface area contributed by atoms with Gasteiger partial charge in [-0.2, -0.15) is 0 Å². The number of phenolic OH excluding ortho intramolecular Hbond substituents is 1. The molecule has 0 spiro atoms. The molecule has 0 aliphatic heterocycles. The molecule has 0 heterocycles. The van der Waals surface area contributed by atoms with Gasteiger partial charge >= 0.3 is 0 Å². The van der Waals surface area contributed by atoms with Gasteiger partial charge in [-0.3, -0.25) is 4.99 Å². The number of halogens is 1. The van der Waals surface area contributed by atoms with Crippen molar-refractivity contribution < 1.29 is 5.11 Å². The highest BCUT2D eigenvalue weighted by Crippen LogP contribution is 2.57. The Labute approximate surface area is 186 Å². The smallest absolute Gasteiger partial charge is 0.124 e. The Morgan fingerprint density at radius 3 is 2.73 bits per heavy atom. The molecule has 0 saturated heterocycles. The fraction of sp³-hybridized carbons (Fsp3) is 0.519. The predicted molar refractivity (Wildman–Crippen MR) is 127 cm³/mol. The first-order valence-corrected chi connectivity index (χ1v) is 11.7. The molecule has 0 amide bonds. The zero-order chi connectivity index (χ0) is 21.5. The molecule has 3 heteroatoms. The van der Waals surface area contributed by atoms with Crippen LogP contribution in [0.15, 0.2) is 41.4 Å². The lowest BCUT2D eigenvalue weighted by Crippen LogP contribution is -2.50. The molecule has 3 atom stereocenters. The largest absolute Gasteiger partial charge is 0.507 e. The van der Waals surface area contributed by atoms with E-state index < -0.39 is 0 Å². The van der Waals surface area contributed by atoms with Crippen molar-refractivity contribution in [3.8, 4) is 5.75 Å². The van der Waals surface area contributed by atoms with Crippen molar-refractivity contribution in [2.24, 2.45) is 16.3 Å². The predicted octanol–water partition coefficient (Wildman–Crippen LogP) is 7.30. The highest BCUT2D eigenvalue weighted by Gasteiger charge is 2.51. The summed E-state index contributed by atoms with van der Waals surface area (Å²) in [7, 11) is 0. The van der Waals surface area contributed by atoms with Gasteiger partial charge in [-0.05, 0) is 83.2 Å². The molecule has 1 saturated carbocycles. The van der Waals surface area contributed by atoms with E-state index in [9.17, 15) is 5.11 Å². The number of aromatic hydroxyl groups is 1. The van der Waals surface area contributed by atoms with Gasteiger partial charge in [0, 0.05) is 23.3 Å². The van der Waals surface area contributed by atoms with E-state index in [0.717, 1.165) is 6.54 Å². The number of aryl methyl sites for hydroxylation is 1. The minimum atomic E-state index is 0.173. The van der Waals surface area contributed by atoms with Crippen molar-refractivity contribution in [3.05, 3.63) is 63.7 Å². The number of nitrogens with zero attached hydrogens (tertiary/aromatic N) is 1. The van der Waals surface area contributed by atoms with Gasteiger partial charge in [-0.25, -0.2) is 0 Å². The maximum absolute atomic E-state index is 10.1. The van der Waals surface area contributed by atoms with E-state index in [4.69, 9.17) is 16.6 Å². The van der Waals surface area contributed by atoms with Gasteiger partial charge in [0.1, 0.15) is 5.75 Å². The SMILES string of the molecule is CC(C)c1ccc2c(c1)CC[C@H]1[C@](C)(CN=Cc3cc(Cl)ccc3O)CCC[C@]21C. The van der Waals surface area contributed by atoms with Crippen LogP contribution in [0.5, 0.6) is 5.75 Å². The fourth-order valence-electron chi connectivity index (χ4n) is 6.17. The first-order valence-electron chi connectivity index (χ1n) is 11.3. The standard InChI is InChI=1S/C27H34ClNO/c1-18(2)19-6-9-23-20(14-19)7-11-25-26(3,12-5-13-27(23,25)4)17-29-16-21-15-22(28)8-10-24(21)30/h6,8-10,14-16,18,25,30H,5,7,11-13,17H2,1-4H3/t25-,26-,27+/m0/s1. The van der Waals surface area contributed by atoms with E-state index in [1.807, 2.05) is 0 Å². The second kappa shape index (κ2) is 8.04. The third kappa shape index (κ3) is 3.80. The molecule has 160 valence electrons. The summed E-state index contributed by atoms with van der Waals surface area (Å²) in [6.07, 6.45) is 7.92. The lowest BCUT2D eigenvalue weighted by Gasteiger charge is -2.55. The maximum atomic E-state index is 10.1. The fourth-order valence-corrected chi connectivity index (χ4v) is 6.35. The quantitative estimate of drug-likeness (QED) is 0.514. The van der Waals surface area contributed by atoms with Gasteiger partial charge < -0.3 is 5.11 Å². The van der Waals surface area contributed by atoms with E-state index in [-0.39, 0.29) is 16.6 Å². The molecule has 1 N–H and O–H groups in total. The van der Waals surface area contributed by atoms with Crippen molar-refractivity contribution >= 4 is 17.8 Å². The van der Waals surface area contributed by atoms with Gasteiger partial charge in [0.25, 0.3) is 0 Å².